The van der Waals surface area contributed by atoms with Gasteiger partial charge in [0.05, 0.1) is 6.54 Å². The Morgan fingerprint density at radius 2 is 1.76 bits per heavy atom. The van der Waals surface area contributed by atoms with Gasteiger partial charge in [0, 0.05) is 30.1 Å². The van der Waals surface area contributed by atoms with E-state index in [1.807, 2.05) is 55.5 Å². The maximum atomic E-state index is 12.5. The number of para-hydroxylation sites is 1. The molecule has 0 fully saturated rings. The highest BCUT2D eigenvalue weighted by Crippen LogP contribution is 2.28. The first kappa shape index (κ1) is 23.3. The second-order valence-electron chi connectivity index (χ2n) is 7.84. The van der Waals surface area contributed by atoms with Crippen LogP contribution in [0, 0.1) is 6.92 Å². The first-order chi connectivity index (χ1) is 16.3. The van der Waals surface area contributed by atoms with Crippen LogP contribution in [0.5, 0.6) is 11.5 Å². The summed E-state index contributed by atoms with van der Waals surface area (Å²) in [6, 6.07) is 22.0. The van der Waals surface area contributed by atoms with Gasteiger partial charge in [-0.15, -0.1) is 5.10 Å². The van der Waals surface area contributed by atoms with E-state index in [9.17, 15) is 9.59 Å². The summed E-state index contributed by atoms with van der Waals surface area (Å²) in [5.74, 6) is 1.09. The molecule has 0 aliphatic carbocycles. The van der Waals surface area contributed by atoms with E-state index in [0.717, 1.165) is 5.56 Å². The second kappa shape index (κ2) is 9.97. The highest BCUT2D eigenvalue weighted by Gasteiger charge is 2.34. The third kappa shape index (κ3) is 5.21. The van der Waals surface area contributed by atoms with E-state index in [-0.39, 0.29) is 24.3 Å². The molecule has 0 unspecified atom stereocenters. The Bertz CT molecular complexity index is 1250. The number of nitrogens with zero attached hydrogens (tertiary/aromatic N) is 3. The summed E-state index contributed by atoms with van der Waals surface area (Å²) in [6.45, 7) is 4.84. The molecule has 0 N–H and O–H groups in total. The molecule has 0 radical (unpaired) electrons. The van der Waals surface area contributed by atoms with Crippen LogP contribution in [0.1, 0.15) is 25.0 Å². The SMILES string of the molecule is CC(=O)N(C[C@@H]1OC(c2cccc(Oc3ccccc3)c2)=NN1C(C)=O)c1ccc(Cl)cc1C. The topological polar surface area (TPSA) is 71.4 Å². The number of carbonyl (C=O) groups is 2. The summed E-state index contributed by atoms with van der Waals surface area (Å²) >= 11 is 6.08. The molecule has 0 saturated heterocycles. The van der Waals surface area contributed by atoms with Crippen LogP contribution < -0.4 is 9.64 Å². The van der Waals surface area contributed by atoms with Crippen molar-refractivity contribution in [2.24, 2.45) is 5.10 Å². The molecule has 1 atom stereocenters. The van der Waals surface area contributed by atoms with Crippen LogP contribution in [0.3, 0.4) is 0 Å². The molecular formula is C26H24ClN3O4. The summed E-state index contributed by atoms with van der Waals surface area (Å²) in [4.78, 5) is 26.4. The molecule has 7 nitrogen and oxygen atoms in total. The van der Waals surface area contributed by atoms with Crippen molar-refractivity contribution in [2.75, 3.05) is 11.4 Å². The van der Waals surface area contributed by atoms with Crippen molar-refractivity contribution in [3.8, 4) is 11.5 Å². The minimum absolute atomic E-state index is 0.102. The van der Waals surface area contributed by atoms with Gasteiger partial charge in [-0.3, -0.25) is 9.59 Å². The molecule has 2 amide bonds. The minimum Gasteiger partial charge on any atom is -0.457 e. The predicted octanol–water partition coefficient (Wildman–Crippen LogP) is 5.36. The number of rotatable bonds is 6. The van der Waals surface area contributed by atoms with Gasteiger partial charge >= 0.3 is 0 Å². The van der Waals surface area contributed by atoms with Crippen LogP contribution >= 0.6 is 11.6 Å². The molecule has 3 aromatic rings. The number of benzene rings is 3. The molecule has 4 rings (SSSR count). The van der Waals surface area contributed by atoms with Gasteiger partial charge in [0.1, 0.15) is 11.5 Å². The number of amides is 2. The molecule has 1 aliphatic rings. The van der Waals surface area contributed by atoms with Crippen molar-refractivity contribution in [1.82, 2.24) is 5.01 Å². The summed E-state index contributed by atoms with van der Waals surface area (Å²) in [5.41, 5.74) is 2.18. The maximum absolute atomic E-state index is 12.5. The Morgan fingerprint density at radius 3 is 2.44 bits per heavy atom. The molecular weight excluding hydrogens is 454 g/mol. The van der Waals surface area contributed by atoms with Gasteiger partial charge in [-0.2, -0.15) is 5.01 Å². The Kier molecular flexibility index (Phi) is 6.84. The van der Waals surface area contributed by atoms with Crippen molar-refractivity contribution in [2.45, 2.75) is 27.0 Å². The average Bonchev–Trinajstić information content (AvgIpc) is 3.23. The summed E-state index contributed by atoms with van der Waals surface area (Å²) in [5, 5.41) is 6.22. The van der Waals surface area contributed by atoms with Crippen molar-refractivity contribution >= 4 is 35.0 Å². The molecule has 0 aromatic heterocycles. The van der Waals surface area contributed by atoms with Gasteiger partial charge in [0.2, 0.25) is 23.9 Å². The molecule has 0 saturated carbocycles. The molecule has 1 heterocycles. The minimum atomic E-state index is -0.787. The van der Waals surface area contributed by atoms with Crippen LogP contribution in [-0.4, -0.2) is 35.5 Å². The van der Waals surface area contributed by atoms with Crippen LogP contribution in [0.4, 0.5) is 5.69 Å². The van der Waals surface area contributed by atoms with Crippen LogP contribution in [0.25, 0.3) is 0 Å². The molecule has 0 spiro atoms. The Balaban J connectivity index is 1.57. The van der Waals surface area contributed by atoms with Gasteiger partial charge in [0.15, 0.2) is 0 Å². The fraction of sp³-hybridized carbons (Fsp3) is 0.192. The fourth-order valence-corrected chi connectivity index (χ4v) is 3.90. The first-order valence-electron chi connectivity index (χ1n) is 10.7. The fourth-order valence-electron chi connectivity index (χ4n) is 3.67. The average molecular weight is 478 g/mol. The number of hydrazone groups is 1. The smallest absolute Gasteiger partial charge is 0.243 e. The third-order valence-corrected chi connectivity index (χ3v) is 5.51. The van der Waals surface area contributed by atoms with Crippen molar-refractivity contribution < 1.29 is 19.1 Å². The van der Waals surface area contributed by atoms with Gasteiger partial charge in [-0.1, -0.05) is 35.9 Å². The van der Waals surface area contributed by atoms with Crippen molar-refractivity contribution in [3.05, 3.63) is 88.9 Å². The lowest BCUT2D eigenvalue weighted by atomic mass is 10.1. The van der Waals surface area contributed by atoms with E-state index in [0.29, 0.717) is 27.8 Å². The van der Waals surface area contributed by atoms with Gasteiger partial charge < -0.3 is 14.4 Å². The van der Waals surface area contributed by atoms with Crippen LogP contribution in [0.15, 0.2) is 77.9 Å². The molecule has 34 heavy (non-hydrogen) atoms. The lowest BCUT2D eigenvalue weighted by Gasteiger charge is -2.28. The van der Waals surface area contributed by atoms with E-state index < -0.39 is 6.23 Å². The van der Waals surface area contributed by atoms with E-state index in [4.69, 9.17) is 21.1 Å². The third-order valence-electron chi connectivity index (χ3n) is 5.27. The number of hydrogen-bond acceptors (Lipinski definition) is 5. The van der Waals surface area contributed by atoms with Crippen molar-refractivity contribution in [1.29, 1.82) is 0 Å². The quantitative estimate of drug-likeness (QED) is 0.479. The highest BCUT2D eigenvalue weighted by atomic mass is 35.5. The zero-order valence-electron chi connectivity index (χ0n) is 19.1. The van der Waals surface area contributed by atoms with Gasteiger partial charge in [-0.25, -0.2) is 0 Å². The van der Waals surface area contributed by atoms with Crippen LogP contribution in [-0.2, 0) is 14.3 Å². The maximum Gasteiger partial charge on any atom is 0.243 e. The number of carbonyl (C=O) groups excluding carboxylic acids is 2. The number of ether oxygens (including phenoxy) is 2. The summed E-state index contributed by atoms with van der Waals surface area (Å²) < 4.78 is 12.0. The molecule has 1 aliphatic heterocycles. The highest BCUT2D eigenvalue weighted by molar-refractivity contribution is 6.30. The monoisotopic (exact) mass is 477 g/mol. The standard InChI is InChI=1S/C26H24ClN3O4/c1-17-14-21(27)12-13-24(17)29(18(2)31)16-25-30(19(3)32)28-26(34-25)20-8-7-11-23(15-20)33-22-9-5-4-6-10-22/h4-15,25H,16H2,1-3H3/t25-/m0/s1. The number of hydrogen-bond donors (Lipinski definition) is 0. The number of halogens is 1. The van der Waals surface area contributed by atoms with Gasteiger partial charge in [0.25, 0.3) is 0 Å². The Morgan fingerprint density at radius 1 is 1.03 bits per heavy atom. The first-order valence-corrected chi connectivity index (χ1v) is 11.1. The Hall–Kier alpha value is -3.84. The van der Waals surface area contributed by atoms with Gasteiger partial charge in [-0.05, 0) is 61.0 Å². The number of anilines is 1. The largest absolute Gasteiger partial charge is 0.457 e. The van der Waals surface area contributed by atoms with Crippen LogP contribution in [0.2, 0.25) is 5.02 Å². The van der Waals surface area contributed by atoms with E-state index in [1.165, 1.54) is 18.9 Å². The second-order valence-corrected chi connectivity index (χ2v) is 8.28. The van der Waals surface area contributed by atoms with E-state index in [2.05, 4.69) is 5.10 Å². The summed E-state index contributed by atoms with van der Waals surface area (Å²) in [6.07, 6.45) is -0.787. The normalized spacial score (nSPS) is 14.9. The molecule has 174 valence electrons. The van der Waals surface area contributed by atoms with Crippen molar-refractivity contribution in [3.63, 3.8) is 0 Å². The predicted molar refractivity (Wildman–Crippen MR) is 131 cm³/mol. The molecule has 3 aromatic carbocycles. The van der Waals surface area contributed by atoms with E-state index >= 15 is 0 Å². The lowest BCUT2D eigenvalue weighted by Crippen LogP contribution is -2.44. The van der Waals surface area contributed by atoms with E-state index in [1.54, 1.807) is 29.2 Å². The summed E-state index contributed by atoms with van der Waals surface area (Å²) in [7, 11) is 0. The lowest BCUT2D eigenvalue weighted by molar-refractivity contribution is -0.135. The zero-order chi connectivity index (χ0) is 24.2. The molecule has 8 heteroatoms. The number of aryl methyl sites for hydroxylation is 1. The Labute approximate surface area is 203 Å². The zero-order valence-corrected chi connectivity index (χ0v) is 19.8. The molecule has 0 bridgehead atoms.